The molecule has 0 radical (unpaired) electrons. The average Bonchev–Trinajstić information content (AvgIpc) is 3.25. The van der Waals surface area contributed by atoms with Gasteiger partial charge in [0, 0.05) is 49.7 Å². The SMILES string of the molecule is CNC(=O)NC(=O)c1c(NC(=O)c2ccc(S(=O)(=O)N3CC(C)OC(C)C3)cc2)sc2c1CCN(C(C)C)C2. The van der Waals surface area contributed by atoms with E-state index in [9.17, 15) is 22.8 Å². The summed E-state index contributed by atoms with van der Waals surface area (Å²) in [6, 6.07) is 5.40. The van der Waals surface area contributed by atoms with Crippen LogP contribution in [-0.2, 0) is 27.7 Å². The van der Waals surface area contributed by atoms with E-state index in [1.54, 1.807) is 0 Å². The molecule has 4 rings (SSSR count). The third-order valence-corrected chi connectivity index (χ3v) is 9.84. The van der Waals surface area contributed by atoms with Gasteiger partial charge in [0.15, 0.2) is 0 Å². The lowest BCUT2D eigenvalue weighted by Gasteiger charge is -2.34. The molecule has 1 aromatic carbocycles. The first-order valence-electron chi connectivity index (χ1n) is 12.9. The van der Waals surface area contributed by atoms with Gasteiger partial charge in [-0.3, -0.25) is 19.8 Å². The summed E-state index contributed by atoms with van der Waals surface area (Å²) in [7, 11) is -2.33. The van der Waals surface area contributed by atoms with Crippen molar-refractivity contribution < 1.29 is 27.5 Å². The number of carbonyl (C=O) groups excluding carboxylic acids is 3. The lowest BCUT2D eigenvalue weighted by Crippen LogP contribution is -2.48. The molecule has 0 aliphatic carbocycles. The quantitative estimate of drug-likeness (QED) is 0.480. The third kappa shape index (κ3) is 6.33. The fourth-order valence-corrected chi connectivity index (χ4v) is 7.71. The van der Waals surface area contributed by atoms with Crippen LogP contribution in [0.4, 0.5) is 9.80 Å². The van der Waals surface area contributed by atoms with E-state index in [-0.39, 0.29) is 41.3 Å². The first-order valence-corrected chi connectivity index (χ1v) is 15.1. The summed E-state index contributed by atoms with van der Waals surface area (Å²) in [6.07, 6.45) is 0.182. The number of imide groups is 1. The van der Waals surface area contributed by atoms with E-state index in [1.807, 2.05) is 13.8 Å². The van der Waals surface area contributed by atoms with E-state index in [0.29, 0.717) is 24.0 Å². The summed E-state index contributed by atoms with van der Waals surface area (Å²) in [5, 5.41) is 7.85. The van der Waals surface area contributed by atoms with Gasteiger partial charge < -0.3 is 15.4 Å². The molecule has 2 aliphatic heterocycles. The molecule has 0 saturated carbocycles. The van der Waals surface area contributed by atoms with Crippen molar-refractivity contribution in [1.29, 1.82) is 0 Å². The minimum Gasteiger partial charge on any atom is -0.373 e. The number of hydrogen-bond donors (Lipinski definition) is 3. The first kappa shape index (κ1) is 29.2. The number of carbonyl (C=O) groups is 3. The van der Waals surface area contributed by atoms with Crippen molar-refractivity contribution in [2.75, 3.05) is 32.0 Å². The van der Waals surface area contributed by atoms with Crippen LogP contribution in [0.3, 0.4) is 0 Å². The van der Waals surface area contributed by atoms with Crippen molar-refractivity contribution in [3.05, 3.63) is 45.8 Å². The molecular weight excluding hydrogens is 542 g/mol. The number of anilines is 1. The van der Waals surface area contributed by atoms with Gasteiger partial charge in [0.2, 0.25) is 10.0 Å². The predicted molar refractivity (Wildman–Crippen MR) is 149 cm³/mol. The van der Waals surface area contributed by atoms with E-state index in [0.717, 1.165) is 17.0 Å². The molecule has 2 aromatic rings. The van der Waals surface area contributed by atoms with Gasteiger partial charge in [-0.05, 0) is 63.9 Å². The number of hydrogen-bond acceptors (Lipinski definition) is 8. The second kappa shape index (κ2) is 11.7. The molecule has 212 valence electrons. The molecule has 11 nitrogen and oxygen atoms in total. The molecule has 3 heterocycles. The highest BCUT2D eigenvalue weighted by atomic mass is 32.2. The lowest BCUT2D eigenvalue weighted by atomic mass is 10.0. The largest absolute Gasteiger partial charge is 0.373 e. The maximum absolute atomic E-state index is 13.2. The fourth-order valence-electron chi connectivity index (χ4n) is 4.85. The summed E-state index contributed by atoms with van der Waals surface area (Å²) in [6.45, 7) is 9.77. The van der Waals surface area contributed by atoms with Gasteiger partial charge in [-0.2, -0.15) is 4.31 Å². The van der Waals surface area contributed by atoms with Crippen LogP contribution in [0.5, 0.6) is 0 Å². The van der Waals surface area contributed by atoms with Gasteiger partial charge in [-0.25, -0.2) is 13.2 Å². The second-order valence-corrected chi connectivity index (χ2v) is 13.2. The molecule has 2 atom stereocenters. The smallest absolute Gasteiger partial charge is 0.321 e. The summed E-state index contributed by atoms with van der Waals surface area (Å²) in [5.74, 6) is -1.07. The van der Waals surface area contributed by atoms with Crippen molar-refractivity contribution in [2.45, 2.75) is 63.8 Å². The van der Waals surface area contributed by atoms with Crippen molar-refractivity contribution in [3.8, 4) is 0 Å². The Morgan fingerprint density at radius 1 is 1.05 bits per heavy atom. The Morgan fingerprint density at radius 2 is 1.69 bits per heavy atom. The highest BCUT2D eigenvalue weighted by molar-refractivity contribution is 7.89. The molecular formula is C26H35N5O6S2. The number of morpholine rings is 1. The van der Waals surface area contributed by atoms with E-state index in [4.69, 9.17) is 4.74 Å². The third-order valence-electron chi connectivity index (χ3n) is 6.87. The van der Waals surface area contributed by atoms with E-state index in [1.165, 1.54) is 47.0 Å². The number of ether oxygens (including phenoxy) is 1. The Balaban J connectivity index is 1.57. The molecule has 4 amide bonds. The van der Waals surface area contributed by atoms with E-state index in [2.05, 4.69) is 34.7 Å². The molecule has 1 aromatic heterocycles. The minimum absolute atomic E-state index is 0.0892. The van der Waals surface area contributed by atoms with Crippen LogP contribution in [0.15, 0.2) is 29.2 Å². The Kier molecular flexibility index (Phi) is 8.76. The van der Waals surface area contributed by atoms with Crippen LogP contribution in [0.25, 0.3) is 0 Å². The van der Waals surface area contributed by atoms with Gasteiger partial charge in [0.05, 0.1) is 22.7 Å². The Labute approximate surface area is 232 Å². The van der Waals surface area contributed by atoms with Crippen LogP contribution in [-0.4, -0.2) is 80.4 Å². The number of fused-ring (bicyclic) bond motifs is 1. The standard InChI is InChI=1S/C26H35N5O6S2/c1-15(2)30-11-10-20-21(14-30)38-25(22(20)24(33)29-26(34)27-5)28-23(32)18-6-8-19(9-7-18)39(35,36)31-12-16(3)37-17(4)13-31/h6-9,15-17H,10-14H2,1-5H3,(H,28,32)(H2,27,29,33,34). The number of nitrogens with zero attached hydrogens (tertiary/aromatic N) is 2. The topological polar surface area (TPSA) is 137 Å². The zero-order valence-electron chi connectivity index (χ0n) is 22.7. The number of rotatable bonds is 6. The first-order chi connectivity index (χ1) is 18.4. The summed E-state index contributed by atoms with van der Waals surface area (Å²) >= 11 is 1.32. The number of sulfonamides is 1. The number of amides is 4. The Bertz CT molecular complexity index is 1350. The number of thiophene rings is 1. The number of urea groups is 1. The molecule has 3 N–H and O–H groups in total. The van der Waals surface area contributed by atoms with Crippen molar-refractivity contribution in [2.24, 2.45) is 0 Å². The van der Waals surface area contributed by atoms with E-state index < -0.39 is 27.9 Å². The molecule has 0 spiro atoms. The highest BCUT2D eigenvalue weighted by Crippen LogP contribution is 2.38. The molecule has 2 aliphatic rings. The number of nitrogens with one attached hydrogen (secondary N) is 3. The van der Waals surface area contributed by atoms with Gasteiger partial charge in [0.25, 0.3) is 11.8 Å². The molecule has 2 unspecified atom stereocenters. The van der Waals surface area contributed by atoms with Gasteiger partial charge in [0.1, 0.15) is 5.00 Å². The van der Waals surface area contributed by atoms with Gasteiger partial charge in [-0.15, -0.1) is 11.3 Å². The number of benzene rings is 1. The predicted octanol–water partition coefficient (Wildman–Crippen LogP) is 2.63. The van der Waals surface area contributed by atoms with Crippen LogP contribution in [0, 0.1) is 0 Å². The maximum Gasteiger partial charge on any atom is 0.321 e. The normalized spacial score (nSPS) is 20.4. The van der Waals surface area contributed by atoms with Gasteiger partial charge in [-0.1, -0.05) is 0 Å². The van der Waals surface area contributed by atoms with Crippen LogP contribution >= 0.6 is 11.3 Å². The van der Waals surface area contributed by atoms with E-state index >= 15 is 0 Å². The van der Waals surface area contributed by atoms with Crippen molar-refractivity contribution in [1.82, 2.24) is 19.8 Å². The summed E-state index contributed by atoms with van der Waals surface area (Å²) in [4.78, 5) is 41.4. The van der Waals surface area contributed by atoms with Crippen molar-refractivity contribution >= 4 is 44.2 Å². The highest BCUT2D eigenvalue weighted by Gasteiger charge is 2.33. The zero-order valence-corrected chi connectivity index (χ0v) is 24.4. The molecule has 13 heteroatoms. The summed E-state index contributed by atoms with van der Waals surface area (Å²) < 4.78 is 33.4. The molecule has 39 heavy (non-hydrogen) atoms. The fraction of sp³-hybridized carbons (Fsp3) is 0.500. The minimum atomic E-state index is -3.75. The maximum atomic E-state index is 13.2. The second-order valence-electron chi connectivity index (χ2n) is 10.1. The summed E-state index contributed by atoms with van der Waals surface area (Å²) in [5.41, 5.74) is 1.35. The zero-order chi connectivity index (χ0) is 28.5. The molecule has 1 fully saturated rings. The Morgan fingerprint density at radius 3 is 2.28 bits per heavy atom. The average molecular weight is 578 g/mol. The molecule has 1 saturated heterocycles. The van der Waals surface area contributed by atoms with Crippen LogP contribution < -0.4 is 16.0 Å². The molecule has 0 bridgehead atoms. The van der Waals surface area contributed by atoms with Crippen LogP contribution in [0.1, 0.15) is 58.9 Å². The van der Waals surface area contributed by atoms with Crippen LogP contribution in [0.2, 0.25) is 0 Å². The Hall–Kier alpha value is -2.84. The monoisotopic (exact) mass is 577 g/mol. The van der Waals surface area contributed by atoms with Gasteiger partial charge >= 0.3 is 6.03 Å². The lowest BCUT2D eigenvalue weighted by molar-refractivity contribution is -0.0440. The van der Waals surface area contributed by atoms with Crippen molar-refractivity contribution in [3.63, 3.8) is 0 Å².